The maximum Gasteiger partial charge on any atom is 0.264 e. The molecule has 0 spiro atoms. The van der Waals surface area contributed by atoms with Crippen LogP contribution in [0, 0.1) is 5.41 Å². The smallest absolute Gasteiger partial charge is 0.264 e. The lowest BCUT2D eigenvalue weighted by Gasteiger charge is -1.96. The van der Waals surface area contributed by atoms with Crippen molar-refractivity contribution in [3.05, 3.63) is 0 Å². The zero-order chi connectivity index (χ0) is 8.91. The molecule has 0 aliphatic rings. The summed E-state index contributed by atoms with van der Waals surface area (Å²) >= 11 is 1.28. The van der Waals surface area contributed by atoms with Crippen LogP contribution in [0.5, 0.6) is 0 Å². The summed E-state index contributed by atoms with van der Waals surface area (Å²) in [5, 5.41) is 7.44. The van der Waals surface area contributed by atoms with Crippen LogP contribution in [-0.2, 0) is 10.1 Å². The van der Waals surface area contributed by atoms with Gasteiger partial charge in [-0.2, -0.15) is 8.42 Å². The molecule has 2 N–H and O–H groups in total. The summed E-state index contributed by atoms with van der Waals surface area (Å²) in [5.74, 6) is 0.350. The van der Waals surface area contributed by atoms with E-state index >= 15 is 0 Å². The van der Waals surface area contributed by atoms with E-state index in [9.17, 15) is 8.42 Å². The van der Waals surface area contributed by atoms with Crippen LogP contribution in [0.2, 0.25) is 0 Å². The van der Waals surface area contributed by atoms with E-state index in [4.69, 9.17) is 9.96 Å². The Morgan fingerprint density at radius 2 is 2.18 bits per heavy atom. The molecule has 0 unspecified atom stereocenters. The van der Waals surface area contributed by atoms with Crippen LogP contribution >= 0.6 is 11.8 Å². The molecular weight excluding hydrogens is 186 g/mol. The normalized spacial score (nSPS) is 11.5. The summed E-state index contributed by atoms with van der Waals surface area (Å²) < 4.78 is 28.6. The summed E-state index contributed by atoms with van der Waals surface area (Å²) in [6.07, 6.45) is 0.389. The molecule has 0 aliphatic carbocycles. The highest BCUT2D eigenvalue weighted by Gasteiger charge is 2.02. The molecule has 0 saturated heterocycles. The predicted molar refractivity (Wildman–Crippen MR) is 46.9 cm³/mol. The number of thioether (sulfide) groups is 1. The maximum absolute atomic E-state index is 10.2. The zero-order valence-corrected chi connectivity index (χ0v) is 7.83. The molecule has 4 nitrogen and oxygen atoms in total. The van der Waals surface area contributed by atoms with Gasteiger partial charge in [-0.1, -0.05) is 0 Å². The van der Waals surface area contributed by atoms with Gasteiger partial charge in [0.25, 0.3) is 10.1 Å². The van der Waals surface area contributed by atoms with Crippen LogP contribution in [0.4, 0.5) is 0 Å². The fourth-order valence-corrected chi connectivity index (χ4v) is 1.75. The van der Waals surface area contributed by atoms with Crippen LogP contribution in [0.15, 0.2) is 0 Å². The third-order valence-corrected chi connectivity index (χ3v) is 2.60. The van der Waals surface area contributed by atoms with Gasteiger partial charge in [0.05, 0.1) is 10.8 Å². The standard InChI is InChI=1S/C5H11NO3S2/c1-5(6)10-3-2-4-11(7,8)9/h6H,2-4H2,1H3,(H,7,8,9). The minimum Gasteiger partial charge on any atom is -0.299 e. The predicted octanol–water partition coefficient (Wildman–Crippen LogP) is 0.995. The van der Waals surface area contributed by atoms with Crippen molar-refractivity contribution in [1.29, 1.82) is 5.41 Å². The molecule has 11 heavy (non-hydrogen) atoms. The van der Waals surface area contributed by atoms with E-state index in [2.05, 4.69) is 0 Å². The summed E-state index contributed by atoms with van der Waals surface area (Å²) in [6, 6.07) is 0. The Balaban J connectivity index is 3.37. The Bertz CT molecular complexity index is 222. The van der Waals surface area contributed by atoms with Gasteiger partial charge in [-0.25, -0.2) is 0 Å². The van der Waals surface area contributed by atoms with Crippen molar-refractivity contribution in [3.63, 3.8) is 0 Å². The first-order chi connectivity index (χ1) is 4.92. The van der Waals surface area contributed by atoms with Crippen LogP contribution in [0.1, 0.15) is 13.3 Å². The van der Waals surface area contributed by atoms with Crippen molar-refractivity contribution >= 4 is 26.9 Å². The second kappa shape index (κ2) is 4.74. The van der Waals surface area contributed by atoms with Gasteiger partial charge < -0.3 is 0 Å². The van der Waals surface area contributed by atoms with Crippen LogP contribution in [0.3, 0.4) is 0 Å². The maximum atomic E-state index is 10.2. The summed E-state index contributed by atoms with van der Waals surface area (Å²) in [7, 11) is -3.81. The van der Waals surface area contributed by atoms with E-state index in [1.54, 1.807) is 6.92 Å². The molecule has 0 saturated carbocycles. The lowest BCUT2D eigenvalue weighted by atomic mass is 10.6. The Kier molecular flexibility index (Phi) is 4.71. The molecular formula is C5H11NO3S2. The van der Waals surface area contributed by atoms with Gasteiger partial charge in [0, 0.05) is 5.75 Å². The van der Waals surface area contributed by atoms with E-state index in [0.717, 1.165) is 0 Å². The second-order valence-electron chi connectivity index (χ2n) is 2.04. The Labute approximate surface area is 70.6 Å². The molecule has 0 bridgehead atoms. The Hall–Kier alpha value is -0.0700. The first-order valence-corrected chi connectivity index (χ1v) is 5.64. The van der Waals surface area contributed by atoms with Gasteiger partial charge >= 0.3 is 0 Å². The van der Waals surface area contributed by atoms with Gasteiger partial charge in [-0.15, -0.1) is 11.8 Å². The highest BCUT2D eigenvalue weighted by atomic mass is 32.2. The molecule has 0 radical (unpaired) electrons. The van der Waals surface area contributed by atoms with E-state index in [1.165, 1.54) is 11.8 Å². The van der Waals surface area contributed by atoms with Gasteiger partial charge in [0.2, 0.25) is 0 Å². The molecule has 0 aliphatic heterocycles. The van der Waals surface area contributed by atoms with Crippen LogP contribution in [0.25, 0.3) is 0 Å². The van der Waals surface area contributed by atoms with E-state index in [0.29, 0.717) is 17.2 Å². The van der Waals surface area contributed by atoms with E-state index in [-0.39, 0.29) is 5.75 Å². The molecule has 66 valence electrons. The summed E-state index contributed by atoms with van der Waals surface area (Å²) in [4.78, 5) is 0. The number of hydrogen-bond acceptors (Lipinski definition) is 4. The topological polar surface area (TPSA) is 78.2 Å². The second-order valence-corrected chi connectivity index (χ2v) is 4.93. The first kappa shape index (κ1) is 10.9. The van der Waals surface area contributed by atoms with E-state index < -0.39 is 10.1 Å². The largest absolute Gasteiger partial charge is 0.299 e. The lowest BCUT2D eigenvalue weighted by Crippen LogP contribution is -2.04. The molecule has 0 aromatic carbocycles. The van der Waals surface area contributed by atoms with Gasteiger partial charge in [-0.05, 0) is 13.3 Å². The highest BCUT2D eigenvalue weighted by molar-refractivity contribution is 8.13. The third kappa shape index (κ3) is 9.93. The molecule has 0 heterocycles. The molecule has 0 aromatic rings. The minimum atomic E-state index is -3.81. The van der Waals surface area contributed by atoms with E-state index in [1.807, 2.05) is 0 Å². The summed E-state index contributed by atoms with van der Waals surface area (Å²) in [6.45, 7) is 1.64. The molecule has 0 amide bonds. The van der Waals surface area contributed by atoms with Crippen molar-refractivity contribution in [2.75, 3.05) is 11.5 Å². The lowest BCUT2D eigenvalue weighted by molar-refractivity contribution is 0.482. The van der Waals surface area contributed by atoms with Crippen molar-refractivity contribution in [2.24, 2.45) is 0 Å². The Morgan fingerprint density at radius 3 is 2.55 bits per heavy atom. The SMILES string of the molecule is CC(=N)SCCCS(=O)(=O)O. The van der Waals surface area contributed by atoms with Crippen LogP contribution in [-0.4, -0.2) is 29.5 Å². The Morgan fingerprint density at radius 1 is 1.64 bits per heavy atom. The first-order valence-electron chi connectivity index (χ1n) is 3.05. The van der Waals surface area contributed by atoms with Crippen molar-refractivity contribution < 1.29 is 13.0 Å². The summed E-state index contributed by atoms with van der Waals surface area (Å²) in [5.41, 5.74) is 0. The van der Waals surface area contributed by atoms with Crippen molar-refractivity contribution in [1.82, 2.24) is 0 Å². The van der Waals surface area contributed by atoms with Crippen LogP contribution < -0.4 is 0 Å². The zero-order valence-electron chi connectivity index (χ0n) is 6.20. The van der Waals surface area contributed by atoms with Gasteiger partial charge in [0.1, 0.15) is 0 Å². The number of rotatable bonds is 4. The quantitative estimate of drug-likeness (QED) is 0.305. The molecule has 6 heteroatoms. The third-order valence-electron chi connectivity index (χ3n) is 0.865. The van der Waals surface area contributed by atoms with Crippen molar-refractivity contribution in [2.45, 2.75) is 13.3 Å². The average Bonchev–Trinajstić information content (AvgIpc) is 1.78. The highest BCUT2D eigenvalue weighted by Crippen LogP contribution is 2.04. The molecule has 0 rings (SSSR count). The molecule has 0 atom stereocenters. The van der Waals surface area contributed by atoms with Crippen molar-refractivity contribution in [3.8, 4) is 0 Å². The molecule has 0 aromatic heterocycles. The average molecular weight is 197 g/mol. The monoisotopic (exact) mass is 197 g/mol. The fraction of sp³-hybridized carbons (Fsp3) is 0.800. The molecule has 0 fully saturated rings. The number of nitrogens with one attached hydrogen (secondary N) is 1. The van der Waals surface area contributed by atoms with Gasteiger partial charge in [-0.3, -0.25) is 9.96 Å². The number of hydrogen-bond donors (Lipinski definition) is 2. The fourth-order valence-electron chi connectivity index (χ4n) is 0.467. The van der Waals surface area contributed by atoms with Gasteiger partial charge in [0.15, 0.2) is 0 Å². The minimum absolute atomic E-state index is 0.215.